The molecule has 1 aromatic rings. The van der Waals surface area contributed by atoms with Gasteiger partial charge in [0.2, 0.25) is 5.91 Å². The van der Waals surface area contributed by atoms with E-state index < -0.39 is 0 Å². The summed E-state index contributed by atoms with van der Waals surface area (Å²) < 4.78 is 2.34. The quantitative estimate of drug-likeness (QED) is 0.310. The molecule has 0 bridgehead atoms. The van der Waals surface area contributed by atoms with Crippen LogP contribution in [0.5, 0.6) is 0 Å². The minimum Gasteiger partial charge on any atom is -0.396 e. The first-order valence-corrected chi connectivity index (χ1v) is 14.0. The van der Waals surface area contributed by atoms with E-state index in [1.807, 2.05) is 39.8 Å². The Kier molecular flexibility index (Phi) is 12.1. The smallest absolute Gasteiger partial charge is 0.227 e. The van der Waals surface area contributed by atoms with Crippen LogP contribution in [0.4, 0.5) is 0 Å². The first kappa shape index (κ1) is 30.0. The van der Waals surface area contributed by atoms with E-state index in [0.717, 1.165) is 41.9 Å². The Bertz CT molecular complexity index is 913. The van der Waals surface area contributed by atoms with Crippen molar-refractivity contribution in [1.29, 1.82) is 0 Å². The van der Waals surface area contributed by atoms with Crippen LogP contribution in [0.2, 0.25) is 0 Å². The van der Waals surface area contributed by atoms with Gasteiger partial charge in [-0.1, -0.05) is 57.9 Å². The summed E-state index contributed by atoms with van der Waals surface area (Å²) >= 11 is 0. The third kappa shape index (κ3) is 8.43. The normalized spacial score (nSPS) is 21.4. The highest BCUT2D eigenvalue weighted by Crippen LogP contribution is 2.48. The molecule has 2 N–H and O–H groups in total. The van der Waals surface area contributed by atoms with Crippen molar-refractivity contribution in [2.45, 2.75) is 112 Å². The Balaban J connectivity index is 0.00000222. The van der Waals surface area contributed by atoms with Gasteiger partial charge in [0.05, 0.1) is 0 Å². The third-order valence-corrected chi connectivity index (χ3v) is 7.05. The summed E-state index contributed by atoms with van der Waals surface area (Å²) in [5.41, 5.74) is 2.37. The Morgan fingerprint density at radius 2 is 1.81 bits per heavy atom. The van der Waals surface area contributed by atoms with Crippen molar-refractivity contribution < 1.29 is 9.90 Å². The zero-order valence-corrected chi connectivity index (χ0v) is 23.9. The molecule has 202 valence electrons. The largest absolute Gasteiger partial charge is 0.396 e. The predicted molar refractivity (Wildman–Crippen MR) is 149 cm³/mol. The third-order valence-electron chi connectivity index (χ3n) is 7.05. The maximum Gasteiger partial charge on any atom is 0.227 e. The topological polar surface area (TPSA) is 80.0 Å². The Hall–Kier alpha value is -2.21. The summed E-state index contributed by atoms with van der Waals surface area (Å²) in [5, 5.41) is 22.0. The van der Waals surface area contributed by atoms with E-state index in [2.05, 4.69) is 53.9 Å². The molecule has 3 rings (SSSR count). The van der Waals surface area contributed by atoms with E-state index in [9.17, 15) is 9.90 Å². The minimum atomic E-state index is -0.315. The van der Waals surface area contributed by atoms with Gasteiger partial charge in [-0.3, -0.25) is 4.79 Å². The van der Waals surface area contributed by atoms with Gasteiger partial charge in [0, 0.05) is 36.6 Å². The summed E-state index contributed by atoms with van der Waals surface area (Å²) in [7, 11) is 0. The van der Waals surface area contributed by atoms with Crippen molar-refractivity contribution in [2.75, 3.05) is 6.61 Å². The second-order valence-electron chi connectivity index (χ2n) is 11.1. The van der Waals surface area contributed by atoms with E-state index >= 15 is 0 Å². The minimum absolute atomic E-state index is 0.0233. The number of aromatic nitrogens is 3. The molecule has 2 saturated carbocycles. The summed E-state index contributed by atoms with van der Waals surface area (Å²) in [6, 6.07) is 0.448. The number of hydrogen-bond donors (Lipinski definition) is 2. The van der Waals surface area contributed by atoms with Gasteiger partial charge in [-0.05, 0) is 77.2 Å². The lowest BCUT2D eigenvalue weighted by Crippen LogP contribution is -2.31. The van der Waals surface area contributed by atoms with Crippen LogP contribution in [0.15, 0.2) is 35.6 Å². The van der Waals surface area contributed by atoms with Crippen molar-refractivity contribution >= 4 is 5.91 Å². The predicted octanol–water partition coefficient (Wildman–Crippen LogP) is 6.82. The van der Waals surface area contributed by atoms with Crippen LogP contribution >= 0.6 is 0 Å². The van der Waals surface area contributed by atoms with Gasteiger partial charge in [-0.2, -0.15) is 0 Å². The van der Waals surface area contributed by atoms with Crippen LogP contribution in [0.25, 0.3) is 0 Å². The summed E-state index contributed by atoms with van der Waals surface area (Å²) in [5.74, 6) is 3.45. The van der Waals surface area contributed by atoms with Gasteiger partial charge < -0.3 is 15.0 Å². The molecule has 0 aromatic carbocycles. The summed E-state index contributed by atoms with van der Waals surface area (Å²) in [6.07, 6.45) is 14.1. The maximum absolute atomic E-state index is 13.0. The van der Waals surface area contributed by atoms with E-state index in [-0.39, 0.29) is 24.3 Å². The standard InChI is InChI=1S/C28H44N4O2.C2H6/c1-18(2)14-20(5)8-7-12-29-28(34)21(6)25(11-13-33)27-31-30-26(32(27)24-9-10-24)23-16-22(17-23)15-19(3)4;1-2/h7-8,12,14,19,21-25,33H,9-11,13,15-17H2,1-6H3,(H,29,34);1-2H3/b12-7+,20-8-;. The molecule has 1 amide bonds. The highest BCUT2D eigenvalue weighted by atomic mass is 16.3. The number of nitrogens with one attached hydrogen (secondary N) is 1. The van der Waals surface area contributed by atoms with Crippen LogP contribution in [0, 0.1) is 17.8 Å². The van der Waals surface area contributed by atoms with Gasteiger partial charge in [0.1, 0.15) is 11.6 Å². The van der Waals surface area contributed by atoms with Crippen molar-refractivity contribution in [1.82, 2.24) is 20.1 Å². The lowest BCUT2D eigenvalue weighted by molar-refractivity contribution is -0.124. The fraction of sp³-hybridized carbons (Fsp3) is 0.700. The number of carbonyl (C=O) groups is 1. The highest BCUT2D eigenvalue weighted by molar-refractivity contribution is 5.80. The number of nitrogens with zero attached hydrogens (tertiary/aromatic N) is 3. The Labute approximate surface area is 219 Å². The number of carbonyl (C=O) groups excluding carboxylic acids is 1. The molecule has 0 radical (unpaired) electrons. The second kappa shape index (κ2) is 14.5. The van der Waals surface area contributed by atoms with Gasteiger partial charge >= 0.3 is 0 Å². The molecule has 6 nitrogen and oxygen atoms in total. The van der Waals surface area contributed by atoms with Crippen molar-refractivity contribution in [3.05, 3.63) is 47.2 Å². The molecule has 1 heterocycles. The molecule has 2 aliphatic carbocycles. The first-order chi connectivity index (χ1) is 17.2. The Morgan fingerprint density at radius 1 is 1.14 bits per heavy atom. The monoisotopic (exact) mass is 498 g/mol. The average molecular weight is 499 g/mol. The molecule has 0 saturated heterocycles. The molecular formula is C30H50N4O2. The van der Waals surface area contributed by atoms with E-state index in [1.165, 1.54) is 24.8 Å². The maximum atomic E-state index is 13.0. The van der Waals surface area contributed by atoms with Gasteiger partial charge in [-0.25, -0.2) is 0 Å². The highest BCUT2D eigenvalue weighted by Gasteiger charge is 2.40. The Morgan fingerprint density at radius 3 is 2.36 bits per heavy atom. The van der Waals surface area contributed by atoms with Crippen molar-refractivity contribution in [3.63, 3.8) is 0 Å². The molecule has 2 atom stereocenters. The number of amides is 1. The lowest BCUT2D eigenvalue weighted by atomic mass is 9.71. The fourth-order valence-electron chi connectivity index (χ4n) is 5.25. The number of hydrogen-bond acceptors (Lipinski definition) is 4. The molecule has 2 fully saturated rings. The van der Waals surface area contributed by atoms with Crippen molar-refractivity contribution in [2.24, 2.45) is 17.8 Å². The molecule has 36 heavy (non-hydrogen) atoms. The lowest BCUT2D eigenvalue weighted by Gasteiger charge is -2.36. The molecule has 6 heteroatoms. The average Bonchev–Trinajstić information content (AvgIpc) is 3.56. The van der Waals surface area contributed by atoms with Gasteiger partial charge in [0.25, 0.3) is 0 Å². The molecule has 1 aromatic heterocycles. The van der Waals surface area contributed by atoms with E-state index in [0.29, 0.717) is 18.4 Å². The molecule has 2 unspecified atom stereocenters. The molecule has 2 aliphatic rings. The molecule has 0 aliphatic heterocycles. The molecule has 0 spiro atoms. The summed E-state index contributed by atoms with van der Waals surface area (Å²) in [6.45, 7) is 16.7. The number of allylic oxidation sites excluding steroid dienone is 5. The second-order valence-corrected chi connectivity index (χ2v) is 11.1. The zero-order valence-electron chi connectivity index (χ0n) is 23.9. The molecular weight excluding hydrogens is 448 g/mol. The number of aliphatic hydroxyl groups excluding tert-OH is 1. The first-order valence-electron chi connectivity index (χ1n) is 14.0. The van der Waals surface area contributed by atoms with Gasteiger partial charge in [0.15, 0.2) is 0 Å². The zero-order chi connectivity index (χ0) is 26.8. The van der Waals surface area contributed by atoms with Crippen molar-refractivity contribution in [3.8, 4) is 0 Å². The van der Waals surface area contributed by atoms with Crippen LogP contribution < -0.4 is 5.32 Å². The number of aliphatic hydroxyl groups is 1. The SMILES string of the molecule is CC.CC(C)=C/C(C)=C\C=C\NC(=O)C(C)C(CCO)c1nnc(C2CC(CC(C)C)C2)n1C1CC1. The van der Waals surface area contributed by atoms with E-state index in [4.69, 9.17) is 0 Å². The van der Waals surface area contributed by atoms with Crippen LogP contribution in [-0.4, -0.2) is 32.4 Å². The number of rotatable bonds is 12. The van der Waals surface area contributed by atoms with Crippen LogP contribution in [0.3, 0.4) is 0 Å². The van der Waals surface area contributed by atoms with Crippen LogP contribution in [0.1, 0.15) is 123 Å². The van der Waals surface area contributed by atoms with E-state index in [1.54, 1.807) is 6.20 Å². The van der Waals surface area contributed by atoms with Crippen LogP contribution in [-0.2, 0) is 4.79 Å². The fourth-order valence-corrected chi connectivity index (χ4v) is 5.25. The summed E-state index contributed by atoms with van der Waals surface area (Å²) in [4.78, 5) is 13.0. The van der Waals surface area contributed by atoms with Gasteiger partial charge in [-0.15, -0.1) is 10.2 Å².